The van der Waals surface area contributed by atoms with E-state index in [1.807, 2.05) is 36.4 Å². The maximum Gasteiger partial charge on any atom is 0.163 e. The van der Waals surface area contributed by atoms with Crippen molar-refractivity contribution in [2.45, 2.75) is 6.42 Å². The van der Waals surface area contributed by atoms with Crippen LogP contribution in [0.15, 0.2) is 72.8 Å². The second-order valence-electron chi connectivity index (χ2n) is 6.20. The number of halogens is 2. The molecule has 27 heavy (non-hydrogen) atoms. The Morgan fingerprint density at radius 2 is 1.59 bits per heavy atom. The first-order chi connectivity index (χ1) is 13.2. The van der Waals surface area contributed by atoms with Crippen molar-refractivity contribution in [3.05, 3.63) is 88.4 Å². The van der Waals surface area contributed by atoms with Gasteiger partial charge in [0, 0.05) is 22.5 Å². The van der Waals surface area contributed by atoms with E-state index < -0.39 is 0 Å². The number of nitrogens with one attached hydrogen (secondary N) is 1. The summed E-state index contributed by atoms with van der Waals surface area (Å²) >= 11 is 12.4. The van der Waals surface area contributed by atoms with Crippen LogP contribution in [-0.2, 0) is 6.42 Å². The molecule has 3 nitrogen and oxygen atoms in total. The topological polar surface area (TPSA) is 37.8 Å². The fourth-order valence-electron chi connectivity index (χ4n) is 2.97. The number of benzene rings is 3. The third kappa shape index (κ3) is 4.05. The molecule has 0 bridgehead atoms. The smallest absolute Gasteiger partial charge is 0.163 e. The van der Waals surface area contributed by atoms with Gasteiger partial charge in [-0.25, -0.2) is 9.97 Å². The van der Waals surface area contributed by atoms with Crippen LogP contribution in [0, 0.1) is 0 Å². The number of hydrogen-bond donors (Lipinski definition) is 1. The highest BCUT2D eigenvalue weighted by atomic mass is 35.5. The molecule has 134 valence electrons. The molecule has 1 aromatic heterocycles. The standard InChI is InChI=1S/C22H17Cl2N3/c23-16-10-11-17(19(24)14-16)22-26-20-9-5-4-8-18(20)21(27-22)25-13-12-15-6-2-1-3-7-15/h1-11,14H,12-13H2,(H,25,26,27). The first-order valence-corrected chi connectivity index (χ1v) is 9.46. The lowest BCUT2D eigenvalue weighted by atomic mass is 10.1. The molecule has 0 aliphatic carbocycles. The van der Waals surface area contributed by atoms with Gasteiger partial charge in [-0.15, -0.1) is 0 Å². The molecule has 0 spiro atoms. The number of rotatable bonds is 5. The van der Waals surface area contributed by atoms with E-state index in [1.54, 1.807) is 12.1 Å². The lowest BCUT2D eigenvalue weighted by molar-refractivity contribution is 1.01. The van der Waals surface area contributed by atoms with Crippen molar-refractivity contribution in [2.24, 2.45) is 0 Å². The van der Waals surface area contributed by atoms with Crippen LogP contribution in [0.25, 0.3) is 22.3 Å². The highest BCUT2D eigenvalue weighted by molar-refractivity contribution is 6.36. The molecule has 0 radical (unpaired) electrons. The van der Waals surface area contributed by atoms with Gasteiger partial charge in [-0.2, -0.15) is 0 Å². The Bertz CT molecular complexity index is 1080. The van der Waals surface area contributed by atoms with E-state index >= 15 is 0 Å². The van der Waals surface area contributed by atoms with Gasteiger partial charge in [0.1, 0.15) is 5.82 Å². The van der Waals surface area contributed by atoms with E-state index in [-0.39, 0.29) is 0 Å². The summed E-state index contributed by atoms with van der Waals surface area (Å²) in [6.07, 6.45) is 0.913. The van der Waals surface area contributed by atoms with Crippen molar-refractivity contribution in [3.63, 3.8) is 0 Å². The maximum absolute atomic E-state index is 6.37. The van der Waals surface area contributed by atoms with Crippen molar-refractivity contribution in [3.8, 4) is 11.4 Å². The van der Waals surface area contributed by atoms with Crippen LogP contribution in [-0.4, -0.2) is 16.5 Å². The zero-order valence-corrected chi connectivity index (χ0v) is 16.0. The summed E-state index contributed by atoms with van der Waals surface area (Å²) in [4.78, 5) is 9.43. The Hall–Kier alpha value is -2.62. The molecule has 0 aliphatic heterocycles. The number of para-hydroxylation sites is 1. The second kappa shape index (κ2) is 7.95. The van der Waals surface area contributed by atoms with Crippen LogP contribution < -0.4 is 5.32 Å². The van der Waals surface area contributed by atoms with Crippen molar-refractivity contribution < 1.29 is 0 Å². The quantitative estimate of drug-likeness (QED) is 0.434. The summed E-state index contributed by atoms with van der Waals surface area (Å²) < 4.78 is 0. The Balaban J connectivity index is 1.68. The fourth-order valence-corrected chi connectivity index (χ4v) is 3.47. The van der Waals surface area contributed by atoms with Gasteiger partial charge in [-0.05, 0) is 42.3 Å². The highest BCUT2D eigenvalue weighted by Gasteiger charge is 2.12. The average molecular weight is 394 g/mol. The molecule has 0 unspecified atom stereocenters. The van der Waals surface area contributed by atoms with Crippen LogP contribution in [0.3, 0.4) is 0 Å². The summed E-state index contributed by atoms with van der Waals surface area (Å²) in [5, 5.41) is 5.57. The molecule has 3 aromatic carbocycles. The predicted octanol–water partition coefficient (Wildman–Crippen LogP) is 6.26. The lowest BCUT2D eigenvalue weighted by Gasteiger charge is -2.12. The molecule has 0 aliphatic rings. The molecule has 0 fully saturated rings. The van der Waals surface area contributed by atoms with Gasteiger partial charge in [-0.3, -0.25) is 0 Å². The van der Waals surface area contributed by atoms with Gasteiger partial charge >= 0.3 is 0 Å². The number of fused-ring (bicyclic) bond motifs is 1. The largest absolute Gasteiger partial charge is 0.369 e. The minimum atomic E-state index is 0.535. The van der Waals surface area contributed by atoms with Crippen molar-refractivity contribution in [1.29, 1.82) is 0 Å². The Morgan fingerprint density at radius 1 is 0.815 bits per heavy atom. The van der Waals surface area contributed by atoms with Crippen molar-refractivity contribution >= 4 is 39.9 Å². The minimum Gasteiger partial charge on any atom is -0.369 e. The van der Waals surface area contributed by atoms with E-state index in [0.29, 0.717) is 15.9 Å². The second-order valence-corrected chi connectivity index (χ2v) is 7.04. The van der Waals surface area contributed by atoms with Crippen LogP contribution in [0.2, 0.25) is 10.0 Å². The molecule has 0 amide bonds. The summed E-state index contributed by atoms with van der Waals surface area (Å²) in [6.45, 7) is 0.777. The first-order valence-electron chi connectivity index (χ1n) is 8.71. The van der Waals surface area contributed by atoms with Gasteiger partial charge in [0.15, 0.2) is 5.82 Å². The highest BCUT2D eigenvalue weighted by Crippen LogP contribution is 2.31. The molecule has 4 aromatic rings. The fraction of sp³-hybridized carbons (Fsp3) is 0.0909. The maximum atomic E-state index is 6.37. The van der Waals surface area contributed by atoms with Gasteiger partial charge in [0.2, 0.25) is 0 Å². The Labute approximate surface area is 168 Å². The van der Waals surface area contributed by atoms with Gasteiger partial charge in [-0.1, -0.05) is 65.7 Å². The first kappa shape index (κ1) is 17.8. The Morgan fingerprint density at radius 3 is 2.41 bits per heavy atom. The van der Waals surface area contributed by atoms with Crippen LogP contribution in [0.5, 0.6) is 0 Å². The van der Waals surface area contributed by atoms with E-state index in [2.05, 4.69) is 34.6 Å². The molecular formula is C22H17Cl2N3. The number of aromatic nitrogens is 2. The molecule has 5 heteroatoms. The monoisotopic (exact) mass is 393 g/mol. The summed E-state index contributed by atoms with van der Waals surface area (Å²) in [5.41, 5.74) is 2.91. The van der Waals surface area contributed by atoms with Gasteiger partial charge < -0.3 is 5.32 Å². The zero-order valence-electron chi connectivity index (χ0n) is 14.5. The average Bonchev–Trinajstić information content (AvgIpc) is 2.68. The number of hydrogen-bond acceptors (Lipinski definition) is 3. The van der Waals surface area contributed by atoms with E-state index in [1.165, 1.54) is 5.56 Å². The minimum absolute atomic E-state index is 0.535. The molecule has 1 N–H and O–H groups in total. The predicted molar refractivity (Wildman–Crippen MR) is 114 cm³/mol. The van der Waals surface area contributed by atoms with Crippen LogP contribution in [0.1, 0.15) is 5.56 Å². The van der Waals surface area contributed by atoms with E-state index in [4.69, 9.17) is 28.2 Å². The molecule has 1 heterocycles. The van der Waals surface area contributed by atoms with Gasteiger partial charge in [0.25, 0.3) is 0 Å². The molecule has 0 atom stereocenters. The summed E-state index contributed by atoms with van der Waals surface area (Å²) in [6, 6.07) is 23.7. The molecule has 4 rings (SSSR count). The molecule has 0 saturated carbocycles. The third-order valence-electron chi connectivity index (χ3n) is 4.32. The van der Waals surface area contributed by atoms with E-state index in [9.17, 15) is 0 Å². The number of anilines is 1. The summed E-state index contributed by atoms with van der Waals surface area (Å²) in [7, 11) is 0. The summed E-state index contributed by atoms with van der Waals surface area (Å²) in [5.74, 6) is 1.38. The number of nitrogens with zero attached hydrogens (tertiary/aromatic N) is 2. The molecule has 0 saturated heterocycles. The zero-order chi connectivity index (χ0) is 18.6. The van der Waals surface area contributed by atoms with Crippen LogP contribution >= 0.6 is 23.2 Å². The third-order valence-corrected chi connectivity index (χ3v) is 4.87. The van der Waals surface area contributed by atoms with Gasteiger partial charge in [0.05, 0.1) is 10.5 Å². The van der Waals surface area contributed by atoms with E-state index in [0.717, 1.165) is 35.2 Å². The van der Waals surface area contributed by atoms with Crippen LogP contribution in [0.4, 0.5) is 5.82 Å². The van der Waals surface area contributed by atoms with Crippen molar-refractivity contribution in [1.82, 2.24) is 9.97 Å². The van der Waals surface area contributed by atoms with Crippen molar-refractivity contribution in [2.75, 3.05) is 11.9 Å². The SMILES string of the molecule is Clc1ccc(-c2nc(NCCc3ccccc3)c3ccccc3n2)c(Cl)c1. The normalized spacial score (nSPS) is 10.9. The molecular weight excluding hydrogens is 377 g/mol. The lowest BCUT2D eigenvalue weighted by Crippen LogP contribution is -2.08. The Kier molecular flexibility index (Phi) is 5.23.